The predicted octanol–water partition coefficient (Wildman–Crippen LogP) is 3.52. The third-order valence-corrected chi connectivity index (χ3v) is 2.80. The number of carbonyl (C=O) groups is 1. The van der Waals surface area contributed by atoms with Crippen LogP contribution in [0, 0.1) is 6.92 Å². The highest BCUT2D eigenvalue weighted by Crippen LogP contribution is 2.24. The summed E-state index contributed by atoms with van der Waals surface area (Å²) in [4.78, 5) is 10.4. The fraction of sp³-hybridized carbons (Fsp3) is 0.188. The van der Waals surface area contributed by atoms with Gasteiger partial charge in [-0.05, 0) is 30.2 Å². The molecule has 0 radical (unpaired) electrons. The zero-order valence-electron chi connectivity index (χ0n) is 10.8. The molecule has 0 saturated heterocycles. The second kappa shape index (κ2) is 6.05. The number of ether oxygens (including phenoxy) is 1. The summed E-state index contributed by atoms with van der Waals surface area (Å²) >= 11 is 0. The van der Waals surface area contributed by atoms with Crippen LogP contribution in [0.1, 0.15) is 12.0 Å². The molecule has 1 N–H and O–H groups in total. The van der Waals surface area contributed by atoms with Crippen LogP contribution in [0.15, 0.2) is 48.5 Å². The van der Waals surface area contributed by atoms with Crippen molar-refractivity contribution >= 4 is 5.97 Å². The second-order valence-corrected chi connectivity index (χ2v) is 4.39. The van der Waals surface area contributed by atoms with E-state index in [1.54, 1.807) is 0 Å². The molecule has 0 fully saturated rings. The predicted molar refractivity (Wildman–Crippen MR) is 74.4 cm³/mol. The van der Waals surface area contributed by atoms with E-state index in [9.17, 15) is 4.79 Å². The number of aliphatic carboxylic acids is 1. The molecule has 0 aliphatic heterocycles. The fourth-order valence-corrected chi connectivity index (χ4v) is 1.77. The smallest absolute Gasteiger partial charge is 0.306 e. The van der Waals surface area contributed by atoms with Gasteiger partial charge in [0, 0.05) is 0 Å². The van der Waals surface area contributed by atoms with Gasteiger partial charge >= 0.3 is 5.97 Å². The number of aryl methyl sites for hydroxylation is 1. The van der Waals surface area contributed by atoms with Gasteiger partial charge in [0.2, 0.25) is 0 Å². The van der Waals surface area contributed by atoms with Gasteiger partial charge in [0.1, 0.15) is 5.75 Å². The van der Waals surface area contributed by atoms with Gasteiger partial charge in [0.15, 0.2) is 0 Å². The van der Waals surface area contributed by atoms with Crippen LogP contribution >= 0.6 is 0 Å². The molecule has 0 aromatic heterocycles. The maximum Gasteiger partial charge on any atom is 0.306 e. The van der Waals surface area contributed by atoms with Crippen LogP contribution < -0.4 is 4.74 Å². The Hall–Kier alpha value is -2.29. The molecule has 0 aliphatic rings. The van der Waals surface area contributed by atoms with Crippen molar-refractivity contribution in [3.05, 3.63) is 54.1 Å². The summed E-state index contributed by atoms with van der Waals surface area (Å²) in [6.07, 6.45) is 0.00869. The van der Waals surface area contributed by atoms with E-state index >= 15 is 0 Å². The minimum Gasteiger partial charge on any atom is -0.493 e. The summed E-state index contributed by atoms with van der Waals surface area (Å²) in [5.41, 5.74) is 3.40. The largest absolute Gasteiger partial charge is 0.493 e. The number of hydrogen-bond acceptors (Lipinski definition) is 2. The van der Waals surface area contributed by atoms with Crippen molar-refractivity contribution < 1.29 is 14.6 Å². The number of carboxylic acid groups (broad SMARTS) is 1. The highest BCUT2D eigenvalue weighted by atomic mass is 16.5. The minimum absolute atomic E-state index is 0.00869. The van der Waals surface area contributed by atoms with E-state index in [0.29, 0.717) is 5.75 Å². The summed E-state index contributed by atoms with van der Waals surface area (Å²) in [6.45, 7) is 2.24. The zero-order valence-corrected chi connectivity index (χ0v) is 10.8. The molecular formula is C16H16O3. The first-order valence-electron chi connectivity index (χ1n) is 6.17. The van der Waals surface area contributed by atoms with Crippen LogP contribution in [-0.2, 0) is 4.79 Å². The standard InChI is InChI=1S/C16H16O3/c1-12-5-7-13(8-6-12)14-3-2-4-15(11-14)19-10-9-16(17)18/h2-8,11H,9-10H2,1H3,(H,17,18). The van der Waals surface area contributed by atoms with Crippen molar-refractivity contribution in [2.75, 3.05) is 6.61 Å². The van der Waals surface area contributed by atoms with Crippen LogP contribution in [-0.4, -0.2) is 17.7 Å². The van der Waals surface area contributed by atoms with Crippen molar-refractivity contribution in [1.82, 2.24) is 0 Å². The van der Waals surface area contributed by atoms with Crippen molar-refractivity contribution in [1.29, 1.82) is 0 Å². The number of benzene rings is 2. The Morgan fingerprint density at radius 2 is 1.84 bits per heavy atom. The molecule has 19 heavy (non-hydrogen) atoms. The molecule has 0 spiro atoms. The van der Waals surface area contributed by atoms with Gasteiger partial charge in [0.05, 0.1) is 13.0 Å². The molecule has 0 heterocycles. The van der Waals surface area contributed by atoms with Gasteiger partial charge in [-0.1, -0.05) is 42.0 Å². The molecule has 3 heteroatoms. The lowest BCUT2D eigenvalue weighted by molar-refractivity contribution is -0.137. The Labute approximate surface area is 112 Å². The lowest BCUT2D eigenvalue weighted by Gasteiger charge is -2.07. The van der Waals surface area contributed by atoms with Crippen LogP contribution in [0.25, 0.3) is 11.1 Å². The first-order valence-corrected chi connectivity index (χ1v) is 6.17. The molecule has 0 unspecified atom stereocenters. The maximum absolute atomic E-state index is 10.4. The van der Waals surface area contributed by atoms with E-state index in [1.165, 1.54) is 5.56 Å². The SMILES string of the molecule is Cc1ccc(-c2cccc(OCCC(=O)O)c2)cc1. The minimum atomic E-state index is -0.852. The number of hydrogen-bond donors (Lipinski definition) is 1. The molecule has 2 rings (SSSR count). The van der Waals surface area contributed by atoms with Crippen molar-refractivity contribution in [2.45, 2.75) is 13.3 Å². The molecule has 0 atom stereocenters. The lowest BCUT2D eigenvalue weighted by atomic mass is 10.0. The van der Waals surface area contributed by atoms with Gasteiger partial charge in [-0.3, -0.25) is 4.79 Å². The summed E-state index contributed by atoms with van der Waals surface area (Å²) in [6, 6.07) is 15.9. The number of carboxylic acids is 1. The summed E-state index contributed by atoms with van der Waals surface area (Å²) < 4.78 is 5.42. The zero-order chi connectivity index (χ0) is 13.7. The second-order valence-electron chi connectivity index (χ2n) is 4.39. The number of rotatable bonds is 5. The average molecular weight is 256 g/mol. The van der Waals surface area contributed by atoms with E-state index in [0.717, 1.165) is 11.1 Å². The fourth-order valence-electron chi connectivity index (χ4n) is 1.77. The molecular weight excluding hydrogens is 240 g/mol. The highest BCUT2D eigenvalue weighted by Gasteiger charge is 2.01. The molecule has 0 amide bonds. The van der Waals surface area contributed by atoms with Gasteiger partial charge in [-0.15, -0.1) is 0 Å². The first-order chi connectivity index (χ1) is 9.15. The van der Waals surface area contributed by atoms with E-state index in [2.05, 4.69) is 31.2 Å². The maximum atomic E-state index is 10.4. The Bertz CT molecular complexity index is 558. The van der Waals surface area contributed by atoms with Gasteiger partial charge < -0.3 is 9.84 Å². The summed E-state index contributed by atoms with van der Waals surface area (Å²) in [5.74, 6) is -0.158. The molecule has 2 aromatic rings. The van der Waals surface area contributed by atoms with Gasteiger partial charge in [-0.25, -0.2) is 0 Å². The van der Waals surface area contributed by atoms with Crippen LogP contribution in [0.2, 0.25) is 0 Å². The third kappa shape index (κ3) is 3.85. The molecule has 98 valence electrons. The van der Waals surface area contributed by atoms with Gasteiger partial charge in [0.25, 0.3) is 0 Å². The van der Waals surface area contributed by atoms with E-state index < -0.39 is 5.97 Å². The summed E-state index contributed by atoms with van der Waals surface area (Å²) in [7, 11) is 0. The van der Waals surface area contributed by atoms with Gasteiger partial charge in [-0.2, -0.15) is 0 Å². The van der Waals surface area contributed by atoms with E-state index in [-0.39, 0.29) is 13.0 Å². The van der Waals surface area contributed by atoms with Crippen LogP contribution in [0.4, 0.5) is 0 Å². The van der Waals surface area contributed by atoms with Crippen molar-refractivity contribution in [3.8, 4) is 16.9 Å². The normalized spacial score (nSPS) is 10.2. The average Bonchev–Trinajstić information content (AvgIpc) is 2.39. The van der Waals surface area contributed by atoms with Crippen LogP contribution in [0.5, 0.6) is 5.75 Å². The van der Waals surface area contributed by atoms with Crippen LogP contribution in [0.3, 0.4) is 0 Å². The first kappa shape index (κ1) is 13.1. The highest BCUT2D eigenvalue weighted by molar-refractivity contribution is 5.67. The lowest BCUT2D eigenvalue weighted by Crippen LogP contribution is -2.04. The molecule has 0 aliphatic carbocycles. The summed E-state index contributed by atoms with van der Waals surface area (Å²) in [5, 5.41) is 8.57. The monoisotopic (exact) mass is 256 g/mol. The third-order valence-electron chi connectivity index (χ3n) is 2.80. The molecule has 0 saturated carbocycles. The molecule has 2 aromatic carbocycles. The van der Waals surface area contributed by atoms with Crippen molar-refractivity contribution in [2.24, 2.45) is 0 Å². The van der Waals surface area contributed by atoms with Crippen molar-refractivity contribution in [3.63, 3.8) is 0 Å². The Kier molecular flexibility index (Phi) is 4.18. The topological polar surface area (TPSA) is 46.5 Å². The Morgan fingerprint density at radius 3 is 2.53 bits per heavy atom. The Balaban J connectivity index is 2.10. The van der Waals surface area contributed by atoms with E-state index in [4.69, 9.17) is 9.84 Å². The molecule has 3 nitrogen and oxygen atoms in total. The Morgan fingerprint density at radius 1 is 1.11 bits per heavy atom. The quantitative estimate of drug-likeness (QED) is 0.890. The van der Waals surface area contributed by atoms with E-state index in [1.807, 2.05) is 24.3 Å². The molecule has 0 bridgehead atoms.